The number of nitrogens with zero attached hydrogens (tertiary/aromatic N) is 3. The third-order valence-corrected chi connectivity index (χ3v) is 5.90. The van der Waals surface area contributed by atoms with Crippen molar-refractivity contribution in [1.29, 1.82) is 0 Å². The van der Waals surface area contributed by atoms with Crippen molar-refractivity contribution >= 4 is 18.2 Å². The summed E-state index contributed by atoms with van der Waals surface area (Å²) in [5, 5.41) is 4.74. The van der Waals surface area contributed by atoms with Crippen LogP contribution in [0.4, 0.5) is 36.4 Å². The molecule has 3 aromatic rings. The number of pyridine rings is 1. The van der Waals surface area contributed by atoms with Gasteiger partial charge in [-0.2, -0.15) is 31.4 Å². The number of carbonyl (C=O) groups is 1. The standard InChI is InChI=1S/C22H25F4N3O.C5H4F3N3O/c1-3-4-5-9-29(14-30)10-8-16-12-18(19(23)11-15(16)2)20-7-6-17(13-28-20)21(27)22(24,25)26;6-5(7,8)3-2(9)1-10-11-4(3)12/h6-8,10-14,21H,3-5,9,27H2,1-2H3;1H,(H3,9,11,12)/b10-8-;. The van der Waals surface area contributed by atoms with Crippen LogP contribution in [-0.2, 0) is 11.0 Å². The van der Waals surface area contributed by atoms with E-state index in [4.69, 9.17) is 11.5 Å². The van der Waals surface area contributed by atoms with Crippen molar-refractivity contribution in [2.45, 2.75) is 51.5 Å². The van der Waals surface area contributed by atoms with Crippen LogP contribution < -0.4 is 17.0 Å². The molecule has 1 unspecified atom stereocenters. The molecule has 228 valence electrons. The normalized spacial score (nSPS) is 12.5. The van der Waals surface area contributed by atoms with Gasteiger partial charge in [0.25, 0.3) is 5.56 Å². The van der Waals surface area contributed by atoms with E-state index in [1.807, 2.05) is 0 Å². The van der Waals surface area contributed by atoms with Gasteiger partial charge in [0.15, 0.2) is 0 Å². The largest absolute Gasteiger partial charge is 0.423 e. The Balaban J connectivity index is 0.000000428. The predicted octanol–water partition coefficient (Wildman–Crippen LogP) is 5.75. The number of rotatable bonds is 9. The van der Waals surface area contributed by atoms with Crippen LogP contribution in [0.3, 0.4) is 0 Å². The number of halogens is 7. The molecule has 8 nitrogen and oxygen atoms in total. The van der Waals surface area contributed by atoms with Crippen LogP contribution in [0.15, 0.2) is 47.7 Å². The number of H-pyrrole nitrogens is 1. The van der Waals surface area contributed by atoms with Gasteiger partial charge in [-0.25, -0.2) is 9.49 Å². The molecular formula is C27H29F7N6O2. The number of nitrogens with two attached hydrogens (primary N) is 2. The lowest BCUT2D eigenvalue weighted by Crippen LogP contribution is -2.28. The summed E-state index contributed by atoms with van der Waals surface area (Å²) in [6.07, 6.45) is -0.585. The molecule has 0 radical (unpaired) electrons. The van der Waals surface area contributed by atoms with Crippen molar-refractivity contribution in [3.05, 3.63) is 81.3 Å². The van der Waals surface area contributed by atoms with Crippen LogP contribution >= 0.6 is 0 Å². The first-order valence-electron chi connectivity index (χ1n) is 12.5. The molecular weight excluding hydrogens is 573 g/mol. The Morgan fingerprint density at radius 3 is 2.29 bits per heavy atom. The lowest BCUT2D eigenvalue weighted by Gasteiger charge is -2.16. The molecule has 0 aliphatic rings. The summed E-state index contributed by atoms with van der Waals surface area (Å²) in [6.45, 7) is 4.39. The van der Waals surface area contributed by atoms with E-state index in [0.29, 0.717) is 17.7 Å². The number of aromatic nitrogens is 3. The highest BCUT2D eigenvalue weighted by Gasteiger charge is 2.38. The SMILES string of the molecule is CCCCCN(C=O)/C=C\c1cc(-c2ccc(C(N)C(F)(F)F)cn2)c(F)cc1C.Nc1cn[nH]c(=O)c1C(F)(F)F. The highest BCUT2D eigenvalue weighted by Crippen LogP contribution is 2.32. The Morgan fingerprint density at radius 2 is 1.79 bits per heavy atom. The van der Waals surface area contributed by atoms with Crippen molar-refractivity contribution in [3.8, 4) is 11.3 Å². The van der Waals surface area contributed by atoms with E-state index in [-0.39, 0.29) is 16.8 Å². The van der Waals surface area contributed by atoms with Gasteiger partial charge in [-0.05, 0) is 54.3 Å². The monoisotopic (exact) mass is 602 g/mol. The zero-order valence-corrected chi connectivity index (χ0v) is 22.6. The summed E-state index contributed by atoms with van der Waals surface area (Å²) in [5.41, 5.74) is 8.14. The maximum atomic E-state index is 14.5. The van der Waals surface area contributed by atoms with Crippen molar-refractivity contribution in [1.82, 2.24) is 20.1 Å². The molecule has 0 saturated heterocycles. The quantitative estimate of drug-likeness (QED) is 0.163. The highest BCUT2D eigenvalue weighted by molar-refractivity contribution is 5.68. The lowest BCUT2D eigenvalue weighted by molar-refractivity contribution is -0.149. The third-order valence-electron chi connectivity index (χ3n) is 5.90. The number of unbranched alkanes of at least 4 members (excludes halogenated alkanes) is 2. The molecule has 0 aliphatic heterocycles. The second kappa shape index (κ2) is 14.6. The summed E-state index contributed by atoms with van der Waals surface area (Å²) >= 11 is 0. The Hall–Kier alpha value is -4.27. The van der Waals surface area contributed by atoms with E-state index in [1.165, 1.54) is 23.1 Å². The van der Waals surface area contributed by atoms with Crippen LogP contribution in [0.1, 0.15) is 54.5 Å². The first-order chi connectivity index (χ1) is 19.6. The number of amides is 1. The summed E-state index contributed by atoms with van der Waals surface area (Å²) in [5.74, 6) is -0.541. The maximum Gasteiger partial charge on any atom is 0.423 e. The van der Waals surface area contributed by atoms with Gasteiger partial charge in [0.2, 0.25) is 6.41 Å². The minimum Gasteiger partial charge on any atom is -0.397 e. The molecule has 2 aromatic heterocycles. The van der Waals surface area contributed by atoms with Gasteiger partial charge < -0.3 is 16.4 Å². The summed E-state index contributed by atoms with van der Waals surface area (Å²) in [6, 6.07) is 3.24. The van der Waals surface area contributed by atoms with Crippen LogP contribution in [0, 0.1) is 12.7 Å². The van der Waals surface area contributed by atoms with Gasteiger partial charge in [0.1, 0.15) is 17.4 Å². The highest BCUT2D eigenvalue weighted by atomic mass is 19.4. The van der Waals surface area contributed by atoms with Crippen LogP contribution in [0.25, 0.3) is 17.3 Å². The summed E-state index contributed by atoms with van der Waals surface area (Å²) in [4.78, 5) is 27.3. The number of hydrogen-bond acceptors (Lipinski definition) is 6. The Bertz CT molecular complexity index is 1420. The lowest BCUT2D eigenvalue weighted by atomic mass is 10.0. The molecule has 1 atom stereocenters. The predicted molar refractivity (Wildman–Crippen MR) is 143 cm³/mol. The average molecular weight is 603 g/mol. The van der Waals surface area contributed by atoms with Crippen molar-refractivity contribution in [2.75, 3.05) is 12.3 Å². The van der Waals surface area contributed by atoms with E-state index in [1.54, 1.807) is 30.4 Å². The third kappa shape index (κ3) is 9.39. The van der Waals surface area contributed by atoms with Crippen LogP contribution in [-0.4, -0.2) is 39.2 Å². The fourth-order valence-electron chi connectivity index (χ4n) is 3.59. The number of hydrogen-bond donors (Lipinski definition) is 3. The molecule has 42 heavy (non-hydrogen) atoms. The number of carbonyl (C=O) groups excluding carboxylic acids is 1. The van der Waals surface area contributed by atoms with Gasteiger partial charge in [-0.3, -0.25) is 14.6 Å². The molecule has 0 bridgehead atoms. The Kier molecular flexibility index (Phi) is 11.8. The molecule has 0 aliphatic carbocycles. The van der Waals surface area contributed by atoms with Crippen molar-refractivity contribution in [3.63, 3.8) is 0 Å². The smallest absolute Gasteiger partial charge is 0.397 e. The van der Waals surface area contributed by atoms with E-state index in [0.717, 1.165) is 38.1 Å². The van der Waals surface area contributed by atoms with Gasteiger partial charge in [-0.1, -0.05) is 25.8 Å². The minimum atomic E-state index is -4.74. The molecule has 1 aromatic carbocycles. The maximum absolute atomic E-state index is 14.5. The Labute approximate surface area is 236 Å². The van der Waals surface area contributed by atoms with Gasteiger partial charge in [0, 0.05) is 24.5 Å². The Morgan fingerprint density at radius 1 is 1.10 bits per heavy atom. The number of nitrogens with one attached hydrogen (secondary N) is 1. The van der Waals surface area contributed by atoms with Crippen molar-refractivity contribution < 1.29 is 35.5 Å². The second-order valence-electron chi connectivity index (χ2n) is 9.08. The number of aryl methyl sites for hydroxylation is 1. The van der Waals surface area contributed by atoms with E-state index < -0.39 is 41.0 Å². The molecule has 1 amide bonds. The second-order valence-corrected chi connectivity index (χ2v) is 9.08. The molecule has 2 heterocycles. The topological polar surface area (TPSA) is 131 Å². The zero-order valence-electron chi connectivity index (χ0n) is 22.6. The van der Waals surface area contributed by atoms with Gasteiger partial charge in [0.05, 0.1) is 17.6 Å². The molecule has 0 spiro atoms. The first kappa shape index (κ1) is 33.9. The molecule has 3 rings (SSSR count). The van der Waals surface area contributed by atoms with Gasteiger partial charge in [-0.15, -0.1) is 0 Å². The minimum absolute atomic E-state index is 0.149. The average Bonchev–Trinajstić information content (AvgIpc) is 2.90. The van der Waals surface area contributed by atoms with E-state index in [9.17, 15) is 40.3 Å². The molecule has 0 fully saturated rings. The van der Waals surface area contributed by atoms with Gasteiger partial charge >= 0.3 is 12.4 Å². The summed E-state index contributed by atoms with van der Waals surface area (Å²) in [7, 11) is 0. The number of anilines is 1. The van der Waals surface area contributed by atoms with E-state index in [2.05, 4.69) is 17.0 Å². The zero-order chi connectivity index (χ0) is 31.7. The summed E-state index contributed by atoms with van der Waals surface area (Å²) < 4.78 is 88.7. The fourth-order valence-corrected chi connectivity index (χ4v) is 3.59. The van der Waals surface area contributed by atoms with Crippen LogP contribution in [0.2, 0.25) is 0 Å². The first-order valence-corrected chi connectivity index (χ1v) is 12.5. The fraction of sp³-hybridized carbons (Fsp3) is 0.333. The molecule has 0 saturated carbocycles. The van der Waals surface area contributed by atoms with E-state index >= 15 is 0 Å². The molecule has 15 heteroatoms. The molecule has 5 N–H and O–H groups in total. The number of aromatic amines is 1. The van der Waals surface area contributed by atoms with Crippen molar-refractivity contribution in [2.24, 2.45) is 5.73 Å². The number of nitrogen functional groups attached to an aromatic ring is 1. The number of alkyl halides is 6. The van der Waals surface area contributed by atoms with Crippen LogP contribution in [0.5, 0.6) is 0 Å². The number of benzene rings is 1.